The second-order valence-electron chi connectivity index (χ2n) is 7.02. The number of carbonyl (C=O) groups is 1. The standard InChI is InChI=1S/C20H21N3O2S/c1-12-8-9-15-16(10-12)26-19-17(15)20(25)23(11-21-19)13(2)18(24)22-14-6-4-3-5-7-14/h3-7,11-13H,8-10H2,1-2H3,(H,22,24)/t12-,13+/m1/s1. The number of hydrogen-bond donors (Lipinski definition) is 1. The Bertz CT molecular complexity index is 1020. The first-order chi connectivity index (χ1) is 12.5. The highest BCUT2D eigenvalue weighted by molar-refractivity contribution is 7.18. The summed E-state index contributed by atoms with van der Waals surface area (Å²) in [5.74, 6) is 0.422. The summed E-state index contributed by atoms with van der Waals surface area (Å²) in [6.07, 6.45) is 4.53. The molecule has 3 aromatic rings. The van der Waals surface area contributed by atoms with Gasteiger partial charge in [-0.1, -0.05) is 25.1 Å². The summed E-state index contributed by atoms with van der Waals surface area (Å²) in [5, 5.41) is 3.56. The van der Waals surface area contributed by atoms with Crippen LogP contribution in [0, 0.1) is 5.92 Å². The number of amides is 1. The third kappa shape index (κ3) is 2.94. The van der Waals surface area contributed by atoms with Crippen LogP contribution in [-0.2, 0) is 17.6 Å². The van der Waals surface area contributed by atoms with Crippen molar-refractivity contribution in [2.45, 2.75) is 39.2 Å². The van der Waals surface area contributed by atoms with Crippen molar-refractivity contribution >= 4 is 33.1 Å². The largest absolute Gasteiger partial charge is 0.324 e. The van der Waals surface area contributed by atoms with E-state index in [0.717, 1.165) is 29.7 Å². The maximum atomic E-state index is 13.1. The molecule has 0 bridgehead atoms. The van der Waals surface area contributed by atoms with Crippen molar-refractivity contribution in [3.05, 3.63) is 57.5 Å². The molecule has 1 aliphatic rings. The van der Waals surface area contributed by atoms with Crippen molar-refractivity contribution in [1.29, 1.82) is 0 Å². The van der Waals surface area contributed by atoms with Gasteiger partial charge in [-0.05, 0) is 49.8 Å². The Morgan fingerprint density at radius 2 is 2.12 bits per heavy atom. The molecule has 0 spiro atoms. The highest BCUT2D eigenvalue weighted by Crippen LogP contribution is 2.35. The number of nitrogens with zero attached hydrogens (tertiary/aromatic N) is 2. The molecule has 2 atom stereocenters. The molecule has 1 N–H and O–H groups in total. The quantitative estimate of drug-likeness (QED) is 0.766. The van der Waals surface area contributed by atoms with Crippen LogP contribution in [-0.4, -0.2) is 15.5 Å². The molecule has 0 radical (unpaired) electrons. The maximum absolute atomic E-state index is 13.1. The first-order valence-electron chi connectivity index (χ1n) is 8.92. The number of aryl methyl sites for hydroxylation is 1. The Kier molecular flexibility index (Phi) is 4.36. The van der Waals surface area contributed by atoms with Gasteiger partial charge in [0.05, 0.1) is 11.7 Å². The number of hydrogen-bond acceptors (Lipinski definition) is 4. The van der Waals surface area contributed by atoms with Gasteiger partial charge in [0, 0.05) is 10.6 Å². The van der Waals surface area contributed by atoms with Crippen LogP contribution in [0.25, 0.3) is 10.2 Å². The van der Waals surface area contributed by atoms with Crippen LogP contribution in [0.15, 0.2) is 41.5 Å². The minimum Gasteiger partial charge on any atom is -0.324 e. The third-order valence-corrected chi connectivity index (χ3v) is 6.24. The van der Waals surface area contributed by atoms with Crippen molar-refractivity contribution < 1.29 is 4.79 Å². The SMILES string of the molecule is C[C@@H]1CCc2c(sc3ncn([C@@H](C)C(=O)Nc4ccccc4)c(=O)c23)C1. The van der Waals surface area contributed by atoms with E-state index >= 15 is 0 Å². The molecule has 5 nitrogen and oxygen atoms in total. The fourth-order valence-electron chi connectivity index (χ4n) is 3.51. The second-order valence-corrected chi connectivity index (χ2v) is 8.10. The first kappa shape index (κ1) is 17.0. The Morgan fingerprint density at radius 1 is 1.35 bits per heavy atom. The molecule has 2 aromatic heterocycles. The molecule has 0 fully saturated rings. The van der Waals surface area contributed by atoms with Gasteiger partial charge >= 0.3 is 0 Å². The van der Waals surface area contributed by atoms with Crippen LogP contribution >= 0.6 is 11.3 Å². The summed E-state index contributed by atoms with van der Waals surface area (Å²) in [7, 11) is 0. The average Bonchev–Trinajstić information content (AvgIpc) is 3.00. The zero-order valence-electron chi connectivity index (χ0n) is 14.9. The molecule has 1 amide bonds. The Morgan fingerprint density at radius 3 is 2.88 bits per heavy atom. The summed E-state index contributed by atoms with van der Waals surface area (Å²) in [6.45, 7) is 3.98. The summed E-state index contributed by atoms with van der Waals surface area (Å²) in [4.78, 5) is 32.2. The number of para-hydroxylation sites is 1. The van der Waals surface area contributed by atoms with Crippen molar-refractivity contribution in [3.8, 4) is 0 Å². The molecule has 0 saturated heterocycles. The van der Waals surface area contributed by atoms with Gasteiger partial charge in [-0.15, -0.1) is 11.3 Å². The summed E-state index contributed by atoms with van der Waals surface area (Å²) < 4.78 is 1.45. The van der Waals surface area contributed by atoms with Crippen molar-refractivity contribution in [1.82, 2.24) is 9.55 Å². The first-order valence-corrected chi connectivity index (χ1v) is 9.73. The topological polar surface area (TPSA) is 64.0 Å². The van der Waals surface area contributed by atoms with Gasteiger partial charge < -0.3 is 5.32 Å². The molecule has 1 aromatic carbocycles. The number of nitrogens with one attached hydrogen (secondary N) is 1. The second kappa shape index (κ2) is 6.68. The molecule has 1 aliphatic carbocycles. The predicted octanol–water partition coefficient (Wildman–Crippen LogP) is 3.78. The van der Waals surface area contributed by atoms with E-state index in [0.29, 0.717) is 17.0 Å². The normalized spacial score (nSPS) is 17.7. The maximum Gasteiger partial charge on any atom is 0.263 e. The molecule has 2 heterocycles. The number of aromatic nitrogens is 2. The summed E-state index contributed by atoms with van der Waals surface area (Å²) >= 11 is 1.62. The third-order valence-electron chi connectivity index (χ3n) is 5.08. The smallest absolute Gasteiger partial charge is 0.263 e. The fraction of sp³-hybridized carbons (Fsp3) is 0.350. The van der Waals surface area contributed by atoms with Crippen molar-refractivity contribution in [2.75, 3.05) is 5.32 Å². The number of benzene rings is 1. The van der Waals surface area contributed by atoms with Gasteiger partial charge in [-0.3, -0.25) is 14.2 Å². The lowest BCUT2D eigenvalue weighted by molar-refractivity contribution is -0.118. The Hall–Kier alpha value is -2.47. The van der Waals surface area contributed by atoms with Crippen molar-refractivity contribution in [2.24, 2.45) is 5.92 Å². The zero-order chi connectivity index (χ0) is 18.3. The van der Waals surface area contributed by atoms with Gasteiger partial charge in [0.2, 0.25) is 5.91 Å². The van der Waals surface area contributed by atoms with Crippen LogP contribution in [0.5, 0.6) is 0 Å². The van der Waals surface area contributed by atoms with E-state index in [4.69, 9.17) is 0 Å². The Balaban J connectivity index is 1.69. The highest BCUT2D eigenvalue weighted by atomic mass is 32.1. The number of thiophene rings is 1. The fourth-order valence-corrected chi connectivity index (χ4v) is 4.86. The number of fused-ring (bicyclic) bond motifs is 3. The van der Waals surface area contributed by atoms with Gasteiger partial charge in [-0.2, -0.15) is 0 Å². The molecule has 6 heteroatoms. The molecule has 134 valence electrons. The zero-order valence-corrected chi connectivity index (χ0v) is 15.7. The van der Waals surface area contributed by atoms with Gasteiger partial charge in [0.15, 0.2) is 0 Å². The molecular weight excluding hydrogens is 346 g/mol. The predicted molar refractivity (Wildman–Crippen MR) is 105 cm³/mol. The number of rotatable bonds is 3. The van der Waals surface area contributed by atoms with Gasteiger partial charge in [-0.25, -0.2) is 4.98 Å². The van der Waals surface area contributed by atoms with Crippen LogP contribution in [0.2, 0.25) is 0 Å². The van der Waals surface area contributed by atoms with E-state index in [-0.39, 0.29) is 11.5 Å². The van der Waals surface area contributed by atoms with Gasteiger partial charge in [0.25, 0.3) is 5.56 Å². The molecule has 4 rings (SSSR count). The van der Waals surface area contributed by atoms with E-state index in [9.17, 15) is 9.59 Å². The Labute approximate surface area is 155 Å². The molecule has 0 saturated carbocycles. The molecule has 0 aliphatic heterocycles. The van der Waals surface area contributed by atoms with E-state index in [2.05, 4.69) is 17.2 Å². The lowest BCUT2D eigenvalue weighted by atomic mass is 9.89. The highest BCUT2D eigenvalue weighted by Gasteiger charge is 2.25. The minimum atomic E-state index is -0.627. The van der Waals surface area contributed by atoms with E-state index < -0.39 is 6.04 Å². The minimum absolute atomic E-state index is 0.113. The summed E-state index contributed by atoms with van der Waals surface area (Å²) in [5.41, 5.74) is 1.75. The molecular formula is C20H21N3O2S. The van der Waals surface area contributed by atoms with Crippen LogP contribution in [0.4, 0.5) is 5.69 Å². The molecule has 0 unspecified atom stereocenters. The van der Waals surface area contributed by atoms with E-state index in [1.54, 1.807) is 18.3 Å². The number of carbonyl (C=O) groups excluding carboxylic acids is 1. The lowest BCUT2D eigenvalue weighted by Crippen LogP contribution is -2.32. The van der Waals surface area contributed by atoms with Gasteiger partial charge in [0.1, 0.15) is 10.9 Å². The summed E-state index contributed by atoms with van der Waals surface area (Å²) in [6, 6.07) is 8.63. The average molecular weight is 367 g/mol. The number of anilines is 1. The molecule has 26 heavy (non-hydrogen) atoms. The van der Waals surface area contributed by atoms with Crippen LogP contribution in [0.1, 0.15) is 36.8 Å². The van der Waals surface area contributed by atoms with E-state index in [1.165, 1.54) is 15.8 Å². The monoisotopic (exact) mass is 367 g/mol. The van der Waals surface area contributed by atoms with Crippen LogP contribution in [0.3, 0.4) is 0 Å². The van der Waals surface area contributed by atoms with Crippen LogP contribution < -0.4 is 10.9 Å². The van der Waals surface area contributed by atoms with E-state index in [1.807, 2.05) is 30.3 Å². The van der Waals surface area contributed by atoms with Crippen molar-refractivity contribution in [3.63, 3.8) is 0 Å². The lowest BCUT2D eigenvalue weighted by Gasteiger charge is -2.18.